The lowest BCUT2D eigenvalue weighted by Gasteiger charge is -2.22. The predicted octanol–water partition coefficient (Wildman–Crippen LogP) is 4.36. The molecule has 1 aromatic carbocycles. The van der Waals surface area contributed by atoms with Crippen LogP contribution in [0.1, 0.15) is 43.6 Å². The Bertz CT molecular complexity index is 392. The highest BCUT2D eigenvalue weighted by Crippen LogP contribution is 2.40. The third-order valence-electron chi connectivity index (χ3n) is 3.77. The van der Waals surface area contributed by atoms with Crippen molar-refractivity contribution in [3.05, 3.63) is 23.8 Å². The van der Waals surface area contributed by atoms with Crippen molar-refractivity contribution in [1.29, 1.82) is 0 Å². The molecule has 1 saturated carbocycles. The zero-order valence-electron chi connectivity index (χ0n) is 11.1. The van der Waals surface area contributed by atoms with Crippen LogP contribution in [0.15, 0.2) is 18.2 Å². The summed E-state index contributed by atoms with van der Waals surface area (Å²) < 4.78 is 10.7. The van der Waals surface area contributed by atoms with Crippen molar-refractivity contribution in [3.63, 3.8) is 0 Å². The van der Waals surface area contributed by atoms with E-state index in [1.165, 1.54) is 24.8 Å². The topological polar surface area (TPSA) is 18.5 Å². The summed E-state index contributed by atoms with van der Waals surface area (Å²) in [4.78, 5) is 0. The van der Waals surface area contributed by atoms with Gasteiger partial charge in [0.25, 0.3) is 0 Å². The highest BCUT2D eigenvalue weighted by Gasteiger charge is 2.26. The van der Waals surface area contributed by atoms with Gasteiger partial charge in [-0.2, -0.15) is 0 Å². The van der Waals surface area contributed by atoms with E-state index >= 15 is 0 Å². The molecule has 0 amide bonds. The Kier molecular flexibility index (Phi) is 4.76. The number of alkyl halides is 1. The van der Waals surface area contributed by atoms with Crippen molar-refractivity contribution in [2.24, 2.45) is 0 Å². The molecule has 0 heterocycles. The molecule has 2 unspecified atom stereocenters. The maximum absolute atomic E-state index is 6.54. The van der Waals surface area contributed by atoms with E-state index in [1.807, 2.05) is 12.1 Å². The maximum Gasteiger partial charge on any atom is 0.126 e. The molecule has 0 N–H and O–H groups in total. The van der Waals surface area contributed by atoms with Crippen LogP contribution in [0.5, 0.6) is 11.5 Å². The van der Waals surface area contributed by atoms with Crippen molar-refractivity contribution in [1.82, 2.24) is 0 Å². The molecule has 2 rings (SSSR count). The predicted molar refractivity (Wildman–Crippen MR) is 75.0 cm³/mol. The van der Waals surface area contributed by atoms with Crippen LogP contribution in [-0.4, -0.2) is 19.6 Å². The van der Waals surface area contributed by atoms with Crippen molar-refractivity contribution >= 4 is 11.6 Å². The average molecular weight is 269 g/mol. The summed E-state index contributed by atoms with van der Waals surface area (Å²) in [5.41, 5.74) is 1.22. The molecule has 1 aromatic rings. The van der Waals surface area contributed by atoms with Crippen LogP contribution < -0.4 is 9.47 Å². The quantitative estimate of drug-likeness (QED) is 0.599. The van der Waals surface area contributed by atoms with Crippen LogP contribution in [0, 0.1) is 0 Å². The number of benzene rings is 1. The van der Waals surface area contributed by atoms with Gasteiger partial charge in [-0.05, 0) is 24.5 Å². The van der Waals surface area contributed by atoms with Gasteiger partial charge < -0.3 is 9.47 Å². The first kappa shape index (κ1) is 13.5. The van der Waals surface area contributed by atoms with Crippen LogP contribution in [0.25, 0.3) is 0 Å². The Hall–Kier alpha value is -0.890. The molecule has 0 saturated heterocycles. The van der Waals surface area contributed by atoms with E-state index in [9.17, 15) is 0 Å². The molecule has 0 bridgehead atoms. The smallest absolute Gasteiger partial charge is 0.126 e. The number of ether oxygens (including phenoxy) is 2. The summed E-state index contributed by atoms with van der Waals surface area (Å²) in [6.45, 7) is 0. The number of hydrogen-bond acceptors (Lipinski definition) is 2. The monoisotopic (exact) mass is 268 g/mol. The SMILES string of the molecule is COc1ccc(C2CCCCCC2Cl)c(OC)c1. The van der Waals surface area contributed by atoms with Gasteiger partial charge >= 0.3 is 0 Å². The summed E-state index contributed by atoms with van der Waals surface area (Å²) >= 11 is 6.54. The van der Waals surface area contributed by atoms with Crippen LogP contribution in [-0.2, 0) is 0 Å². The molecule has 1 aliphatic rings. The lowest BCUT2D eigenvalue weighted by molar-refractivity contribution is 0.386. The van der Waals surface area contributed by atoms with Crippen LogP contribution in [0.2, 0.25) is 0 Å². The van der Waals surface area contributed by atoms with Crippen LogP contribution in [0.3, 0.4) is 0 Å². The Balaban J connectivity index is 2.30. The van der Waals surface area contributed by atoms with E-state index in [1.54, 1.807) is 14.2 Å². The molecule has 1 fully saturated rings. The van der Waals surface area contributed by atoms with Gasteiger partial charge in [0.05, 0.1) is 14.2 Å². The second-order valence-corrected chi connectivity index (χ2v) is 5.43. The van der Waals surface area contributed by atoms with E-state index in [4.69, 9.17) is 21.1 Å². The first-order chi connectivity index (χ1) is 8.76. The molecular weight excluding hydrogens is 248 g/mol. The van der Waals surface area contributed by atoms with Gasteiger partial charge in [0.2, 0.25) is 0 Å². The fourth-order valence-corrected chi connectivity index (χ4v) is 3.15. The number of methoxy groups -OCH3 is 2. The second-order valence-electron chi connectivity index (χ2n) is 4.87. The van der Waals surface area contributed by atoms with Gasteiger partial charge in [0, 0.05) is 17.4 Å². The minimum absolute atomic E-state index is 0.217. The van der Waals surface area contributed by atoms with Crippen molar-refractivity contribution in [2.45, 2.75) is 43.4 Å². The number of hydrogen-bond donors (Lipinski definition) is 0. The molecule has 18 heavy (non-hydrogen) atoms. The first-order valence-electron chi connectivity index (χ1n) is 6.62. The lowest BCUT2D eigenvalue weighted by atomic mass is 9.90. The second kappa shape index (κ2) is 6.33. The van der Waals surface area contributed by atoms with Crippen LogP contribution in [0.4, 0.5) is 0 Å². The third kappa shape index (κ3) is 2.92. The minimum atomic E-state index is 0.217. The Labute approximate surface area is 114 Å². The van der Waals surface area contributed by atoms with Gasteiger partial charge in [0.1, 0.15) is 11.5 Å². The zero-order valence-corrected chi connectivity index (χ0v) is 11.9. The molecule has 2 nitrogen and oxygen atoms in total. The number of halogens is 1. The van der Waals surface area contributed by atoms with E-state index in [0.29, 0.717) is 5.92 Å². The van der Waals surface area contributed by atoms with Gasteiger partial charge in [-0.15, -0.1) is 11.6 Å². The molecule has 0 aromatic heterocycles. The summed E-state index contributed by atoms with van der Waals surface area (Å²) in [7, 11) is 3.38. The summed E-state index contributed by atoms with van der Waals surface area (Å²) in [5.74, 6) is 2.12. The Morgan fingerprint density at radius 2 is 1.83 bits per heavy atom. The molecule has 100 valence electrons. The van der Waals surface area contributed by atoms with Gasteiger partial charge in [-0.3, -0.25) is 0 Å². The summed E-state index contributed by atoms with van der Waals surface area (Å²) in [6, 6.07) is 6.04. The van der Waals surface area contributed by atoms with Crippen molar-refractivity contribution in [2.75, 3.05) is 14.2 Å². The molecule has 1 aliphatic carbocycles. The fourth-order valence-electron chi connectivity index (χ4n) is 2.74. The molecule has 0 radical (unpaired) electrons. The van der Waals surface area contributed by atoms with E-state index in [2.05, 4.69) is 6.07 Å². The van der Waals surface area contributed by atoms with E-state index < -0.39 is 0 Å². The molecule has 3 heteroatoms. The Morgan fingerprint density at radius 3 is 2.56 bits per heavy atom. The summed E-state index contributed by atoms with van der Waals surface area (Å²) in [5, 5.41) is 0.217. The highest BCUT2D eigenvalue weighted by molar-refractivity contribution is 6.21. The average Bonchev–Trinajstić information content (AvgIpc) is 2.62. The molecular formula is C15H21ClO2. The first-order valence-corrected chi connectivity index (χ1v) is 7.06. The van der Waals surface area contributed by atoms with Crippen molar-refractivity contribution in [3.8, 4) is 11.5 Å². The van der Waals surface area contributed by atoms with Crippen molar-refractivity contribution < 1.29 is 9.47 Å². The minimum Gasteiger partial charge on any atom is -0.497 e. The third-order valence-corrected chi connectivity index (χ3v) is 4.29. The number of rotatable bonds is 3. The zero-order chi connectivity index (χ0) is 13.0. The standard InChI is InChI=1S/C15H21ClO2/c1-17-11-8-9-13(15(10-11)18-2)12-6-4-3-5-7-14(12)16/h8-10,12,14H,3-7H2,1-2H3. The highest BCUT2D eigenvalue weighted by atomic mass is 35.5. The van der Waals surface area contributed by atoms with Gasteiger partial charge in [0.15, 0.2) is 0 Å². The Morgan fingerprint density at radius 1 is 1.06 bits per heavy atom. The molecule has 0 spiro atoms. The van der Waals surface area contributed by atoms with E-state index in [0.717, 1.165) is 24.3 Å². The summed E-state index contributed by atoms with van der Waals surface area (Å²) in [6.07, 6.45) is 6.03. The largest absolute Gasteiger partial charge is 0.497 e. The van der Waals surface area contributed by atoms with Gasteiger partial charge in [-0.25, -0.2) is 0 Å². The van der Waals surface area contributed by atoms with Gasteiger partial charge in [-0.1, -0.05) is 25.3 Å². The van der Waals surface area contributed by atoms with E-state index in [-0.39, 0.29) is 5.38 Å². The fraction of sp³-hybridized carbons (Fsp3) is 0.600. The maximum atomic E-state index is 6.54. The lowest BCUT2D eigenvalue weighted by Crippen LogP contribution is -2.12. The normalized spacial score (nSPS) is 24.4. The van der Waals surface area contributed by atoms with Crippen LogP contribution >= 0.6 is 11.6 Å². The molecule has 2 atom stereocenters. The molecule has 0 aliphatic heterocycles.